The molecule has 1 heterocycles. The Kier molecular flexibility index (Phi) is 15.1. The van der Waals surface area contributed by atoms with E-state index in [-0.39, 0.29) is 24.0 Å². The highest BCUT2D eigenvalue weighted by molar-refractivity contribution is 14.0. The zero-order valence-corrected chi connectivity index (χ0v) is 22.2. The van der Waals surface area contributed by atoms with Crippen LogP contribution in [0.1, 0.15) is 24.5 Å². The molecule has 2 N–H and O–H groups in total. The molecule has 0 aliphatic carbocycles. The van der Waals surface area contributed by atoms with Gasteiger partial charge in [-0.25, -0.2) is 0 Å². The van der Waals surface area contributed by atoms with Crippen LogP contribution < -0.4 is 10.6 Å². The lowest BCUT2D eigenvalue weighted by atomic mass is 10.1. The van der Waals surface area contributed by atoms with Gasteiger partial charge in [0.25, 0.3) is 0 Å². The summed E-state index contributed by atoms with van der Waals surface area (Å²) in [4.78, 5) is 11.8. The van der Waals surface area contributed by atoms with Gasteiger partial charge in [0.05, 0.1) is 0 Å². The van der Waals surface area contributed by atoms with E-state index in [2.05, 4.69) is 68.6 Å². The first kappa shape index (κ1) is 28.1. The average Bonchev–Trinajstić information content (AvgIpc) is 2.77. The number of aliphatic imine (C=N–C) groups is 1. The SMILES string of the molecule is CCN1CCN(Cc2ccccc2CNC(=NC)NCCN(C)CCCOC)CC1.I. The number of likely N-dealkylation sites (N-methyl/N-ethyl adjacent to an activating group) is 2. The van der Waals surface area contributed by atoms with Crippen LogP contribution in [0, 0.1) is 0 Å². The van der Waals surface area contributed by atoms with Crippen molar-refractivity contribution in [2.24, 2.45) is 4.99 Å². The molecule has 0 unspecified atom stereocenters. The predicted molar refractivity (Wildman–Crippen MR) is 141 cm³/mol. The highest BCUT2D eigenvalue weighted by Gasteiger charge is 2.16. The Morgan fingerprint density at radius 1 is 1.06 bits per heavy atom. The quantitative estimate of drug-likeness (QED) is 0.181. The lowest BCUT2D eigenvalue weighted by Crippen LogP contribution is -2.45. The van der Waals surface area contributed by atoms with Gasteiger partial charge in [-0.15, -0.1) is 24.0 Å². The van der Waals surface area contributed by atoms with Gasteiger partial charge < -0.3 is 25.2 Å². The summed E-state index contributed by atoms with van der Waals surface area (Å²) in [6.45, 7) is 13.6. The summed E-state index contributed by atoms with van der Waals surface area (Å²) in [6.07, 6.45) is 1.06. The number of ether oxygens (including phenoxy) is 1. The zero-order chi connectivity index (χ0) is 21.6. The van der Waals surface area contributed by atoms with Crippen molar-refractivity contribution in [1.29, 1.82) is 0 Å². The van der Waals surface area contributed by atoms with Gasteiger partial charge in [-0.3, -0.25) is 9.89 Å². The van der Waals surface area contributed by atoms with Crippen LogP contribution in [0.4, 0.5) is 0 Å². The normalized spacial score (nSPS) is 15.7. The first-order valence-corrected chi connectivity index (χ1v) is 11.3. The van der Waals surface area contributed by atoms with Crippen molar-refractivity contribution in [3.63, 3.8) is 0 Å². The first-order chi connectivity index (χ1) is 14.7. The van der Waals surface area contributed by atoms with E-state index in [0.29, 0.717) is 0 Å². The summed E-state index contributed by atoms with van der Waals surface area (Å²) in [6, 6.07) is 8.75. The van der Waals surface area contributed by atoms with Gasteiger partial charge in [0.15, 0.2) is 5.96 Å². The number of rotatable bonds is 12. The van der Waals surface area contributed by atoms with E-state index >= 15 is 0 Å². The predicted octanol–water partition coefficient (Wildman–Crippen LogP) is 2.08. The largest absolute Gasteiger partial charge is 0.385 e. The molecule has 7 nitrogen and oxygen atoms in total. The van der Waals surface area contributed by atoms with E-state index in [4.69, 9.17) is 4.74 Å². The van der Waals surface area contributed by atoms with Gasteiger partial charge in [0, 0.05) is 79.7 Å². The molecule has 1 saturated heterocycles. The summed E-state index contributed by atoms with van der Waals surface area (Å²) in [7, 11) is 5.72. The first-order valence-electron chi connectivity index (χ1n) is 11.3. The molecule has 0 spiro atoms. The van der Waals surface area contributed by atoms with Crippen LogP contribution in [0.3, 0.4) is 0 Å². The molecule has 0 radical (unpaired) electrons. The van der Waals surface area contributed by atoms with Crippen LogP contribution in [0.15, 0.2) is 29.3 Å². The van der Waals surface area contributed by atoms with Crippen LogP contribution in [0.2, 0.25) is 0 Å². The maximum atomic E-state index is 5.12. The summed E-state index contributed by atoms with van der Waals surface area (Å²) in [5.74, 6) is 0.853. The number of methoxy groups -OCH3 is 1. The van der Waals surface area contributed by atoms with Crippen LogP contribution in [-0.2, 0) is 17.8 Å². The maximum Gasteiger partial charge on any atom is 0.191 e. The smallest absolute Gasteiger partial charge is 0.191 e. The van der Waals surface area contributed by atoms with Crippen molar-refractivity contribution in [2.45, 2.75) is 26.4 Å². The Morgan fingerprint density at radius 3 is 2.39 bits per heavy atom. The third-order valence-electron chi connectivity index (χ3n) is 5.77. The number of halogens is 1. The molecule has 1 aromatic rings. The molecule has 0 aromatic heterocycles. The van der Waals surface area contributed by atoms with Crippen molar-refractivity contribution in [3.05, 3.63) is 35.4 Å². The molecular formula is C23H43IN6O. The van der Waals surface area contributed by atoms with Crippen LogP contribution in [0.5, 0.6) is 0 Å². The van der Waals surface area contributed by atoms with Crippen LogP contribution in [-0.4, -0.2) is 101 Å². The minimum absolute atomic E-state index is 0. The fraction of sp³-hybridized carbons (Fsp3) is 0.696. The molecule has 0 atom stereocenters. The van der Waals surface area contributed by atoms with E-state index in [9.17, 15) is 0 Å². The molecule has 8 heteroatoms. The van der Waals surface area contributed by atoms with E-state index < -0.39 is 0 Å². The minimum Gasteiger partial charge on any atom is -0.385 e. The molecule has 2 rings (SSSR count). The molecular weight excluding hydrogens is 503 g/mol. The van der Waals surface area contributed by atoms with Crippen LogP contribution in [0.25, 0.3) is 0 Å². The summed E-state index contributed by atoms with van der Waals surface area (Å²) >= 11 is 0. The number of guanidine groups is 1. The van der Waals surface area contributed by atoms with E-state index in [1.807, 2.05) is 7.05 Å². The topological polar surface area (TPSA) is 55.4 Å². The number of benzene rings is 1. The number of nitrogens with zero attached hydrogens (tertiary/aromatic N) is 4. The van der Waals surface area contributed by atoms with Crippen molar-refractivity contribution in [2.75, 3.05) is 80.2 Å². The van der Waals surface area contributed by atoms with Gasteiger partial charge in [-0.1, -0.05) is 31.2 Å². The molecule has 0 saturated carbocycles. The Labute approximate surface area is 206 Å². The fourth-order valence-corrected chi connectivity index (χ4v) is 3.74. The lowest BCUT2D eigenvalue weighted by Gasteiger charge is -2.34. The summed E-state index contributed by atoms with van der Waals surface area (Å²) in [5, 5.41) is 6.90. The molecule has 1 fully saturated rings. The van der Waals surface area contributed by atoms with Gasteiger partial charge in [0.2, 0.25) is 0 Å². The number of nitrogens with one attached hydrogen (secondary N) is 2. The second-order valence-electron chi connectivity index (χ2n) is 7.98. The molecule has 178 valence electrons. The molecule has 1 aromatic carbocycles. The highest BCUT2D eigenvalue weighted by atomic mass is 127. The fourth-order valence-electron chi connectivity index (χ4n) is 3.74. The van der Waals surface area contributed by atoms with Gasteiger partial charge >= 0.3 is 0 Å². The van der Waals surface area contributed by atoms with Crippen LogP contribution >= 0.6 is 24.0 Å². The highest BCUT2D eigenvalue weighted by Crippen LogP contribution is 2.13. The third kappa shape index (κ3) is 11.0. The standard InChI is InChI=1S/C23H42N6O.HI/c1-5-28-14-16-29(17-15-28)20-22-10-7-6-9-21(22)19-26-23(24-2)25-11-13-27(3)12-8-18-30-4;/h6-7,9-10H,5,8,11-20H2,1-4H3,(H2,24,25,26);1H. The van der Waals surface area contributed by atoms with E-state index in [1.165, 1.54) is 24.2 Å². The van der Waals surface area contributed by atoms with Crippen molar-refractivity contribution < 1.29 is 4.74 Å². The van der Waals surface area contributed by atoms with Crippen molar-refractivity contribution in [3.8, 4) is 0 Å². The molecule has 1 aliphatic heterocycles. The van der Waals surface area contributed by atoms with Gasteiger partial charge in [-0.2, -0.15) is 0 Å². The second kappa shape index (κ2) is 16.7. The van der Waals surface area contributed by atoms with E-state index in [1.54, 1.807) is 7.11 Å². The minimum atomic E-state index is 0. The maximum absolute atomic E-state index is 5.12. The average molecular weight is 547 g/mol. The Balaban J connectivity index is 0.00000480. The zero-order valence-electron chi connectivity index (χ0n) is 19.9. The molecule has 0 amide bonds. The Bertz CT molecular complexity index is 622. The Morgan fingerprint density at radius 2 is 1.74 bits per heavy atom. The monoisotopic (exact) mass is 546 g/mol. The molecule has 0 bridgehead atoms. The summed E-state index contributed by atoms with van der Waals surface area (Å²) < 4.78 is 5.12. The third-order valence-corrected chi connectivity index (χ3v) is 5.77. The van der Waals surface area contributed by atoms with Crippen molar-refractivity contribution >= 4 is 29.9 Å². The second-order valence-corrected chi connectivity index (χ2v) is 7.98. The molecule has 31 heavy (non-hydrogen) atoms. The number of piperazine rings is 1. The van der Waals surface area contributed by atoms with E-state index in [0.717, 1.165) is 71.3 Å². The van der Waals surface area contributed by atoms with Crippen molar-refractivity contribution in [1.82, 2.24) is 25.3 Å². The number of hydrogen-bond donors (Lipinski definition) is 2. The summed E-state index contributed by atoms with van der Waals surface area (Å²) in [5.41, 5.74) is 2.75. The lowest BCUT2D eigenvalue weighted by molar-refractivity contribution is 0.131. The van der Waals surface area contributed by atoms with Gasteiger partial charge in [-0.05, 0) is 31.1 Å². The number of hydrogen-bond acceptors (Lipinski definition) is 5. The Hall–Kier alpha value is -0.940. The van der Waals surface area contributed by atoms with Gasteiger partial charge in [0.1, 0.15) is 0 Å². The molecule has 1 aliphatic rings.